The molecule has 0 bridgehead atoms. The number of alkyl halides is 3. The monoisotopic (exact) mass is 327 g/mol. The molecule has 2 aliphatic heterocycles. The van der Waals surface area contributed by atoms with Crippen LogP contribution in [-0.4, -0.2) is 29.6 Å². The number of halogens is 3. The molecule has 3 rings (SSSR count). The molecule has 0 aromatic heterocycles. The van der Waals surface area contributed by atoms with Crippen molar-refractivity contribution in [2.75, 3.05) is 13.2 Å². The van der Waals surface area contributed by atoms with E-state index in [1.165, 1.54) is 12.1 Å². The zero-order valence-electron chi connectivity index (χ0n) is 12.9. The standard InChI is InChI=1S/C17H20F3NO2/c18-17(19,20)14-4-2-13(3-5-14)12-21-10-9-16(7-1-11-23-16)8-6-15(21)22/h2-5H,1,6-12H2/t16-/m1/s1. The second-order valence-electron chi connectivity index (χ2n) is 6.40. The summed E-state index contributed by atoms with van der Waals surface area (Å²) < 4.78 is 43.6. The van der Waals surface area contributed by atoms with Gasteiger partial charge in [0, 0.05) is 26.1 Å². The second kappa shape index (κ2) is 6.15. The molecule has 0 saturated carbocycles. The summed E-state index contributed by atoms with van der Waals surface area (Å²) in [5, 5.41) is 0. The molecule has 126 valence electrons. The summed E-state index contributed by atoms with van der Waals surface area (Å²) in [5.41, 5.74) is -0.110. The van der Waals surface area contributed by atoms with Crippen molar-refractivity contribution in [2.45, 2.75) is 50.4 Å². The van der Waals surface area contributed by atoms with Gasteiger partial charge in [-0.1, -0.05) is 12.1 Å². The Bertz CT molecular complexity index is 562. The van der Waals surface area contributed by atoms with Crippen molar-refractivity contribution in [3.8, 4) is 0 Å². The first-order chi connectivity index (χ1) is 10.9. The van der Waals surface area contributed by atoms with Crippen molar-refractivity contribution in [3.63, 3.8) is 0 Å². The van der Waals surface area contributed by atoms with Crippen molar-refractivity contribution in [1.29, 1.82) is 0 Å². The summed E-state index contributed by atoms with van der Waals surface area (Å²) in [6.45, 7) is 1.71. The largest absolute Gasteiger partial charge is 0.416 e. The predicted octanol–water partition coefficient (Wildman–Crippen LogP) is 3.77. The third-order valence-electron chi connectivity index (χ3n) is 4.82. The Balaban J connectivity index is 1.66. The fourth-order valence-corrected chi connectivity index (χ4v) is 3.42. The van der Waals surface area contributed by atoms with Gasteiger partial charge in [0.1, 0.15) is 0 Å². The number of carbonyl (C=O) groups is 1. The number of rotatable bonds is 2. The van der Waals surface area contributed by atoms with Crippen molar-refractivity contribution in [3.05, 3.63) is 35.4 Å². The number of nitrogens with zero attached hydrogens (tertiary/aromatic N) is 1. The molecule has 1 spiro atoms. The Morgan fingerprint density at radius 1 is 1.13 bits per heavy atom. The Hall–Kier alpha value is -1.56. The molecule has 2 heterocycles. The third-order valence-corrected chi connectivity index (χ3v) is 4.82. The summed E-state index contributed by atoms with van der Waals surface area (Å²) in [5.74, 6) is 0.0530. The van der Waals surface area contributed by atoms with E-state index in [1.54, 1.807) is 4.90 Å². The smallest absolute Gasteiger partial charge is 0.375 e. The van der Waals surface area contributed by atoms with Crippen molar-refractivity contribution < 1.29 is 22.7 Å². The molecule has 0 unspecified atom stereocenters. The summed E-state index contributed by atoms with van der Waals surface area (Å²) >= 11 is 0. The van der Waals surface area contributed by atoms with Crippen LogP contribution in [0.4, 0.5) is 13.2 Å². The van der Waals surface area contributed by atoms with E-state index in [0.29, 0.717) is 19.5 Å². The zero-order chi connectivity index (χ0) is 16.5. The lowest BCUT2D eigenvalue weighted by molar-refractivity contribution is -0.137. The molecule has 1 atom stereocenters. The average Bonchev–Trinajstić information content (AvgIpc) is 2.92. The lowest BCUT2D eigenvalue weighted by atomic mass is 9.92. The summed E-state index contributed by atoms with van der Waals surface area (Å²) in [6.07, 6.45) is -0.306. The quantitative estimate of drug-likeness (QED) is 0.827. The molecule has 2 aliphatic rings. The average molecular weight is 327 g/mol. The minimum Gasteiger partial charge on any atom is -0.375 e. The minimum absolute atomic E-state index is 0.0530. The number of hydrogen-bond donors (Lipinski definition) is 0. The highest BCUT2D eigenvalue weighted by Gasteiger charge is 2.38. The van der Waals surface area contributed by atoms with E-state index in [1.807, 2.05) is 0 Å². The summed E-state index contributed by atoms with van der Waals surface area (Å²) in [6, 6.07) is 5.03. The van der Waals surface area contributed by atoms with E-state index in [0.717, 1.165) is 50.0 Å². The molecule has 1 amide bonds. The van der Waals surface area contributed by atoms with E-state index < -0.39 is 11.7 Å². The van der Waals surface area contributed by atoms with Crippen LogP contribution >= 0.6 is 0 Å². The van der Waals surface area contributed by atoms with Crippen LogP contribution in [0.15, 0.2) is 24.3 Å². The first kappa shape index (κ1) is 16.3. The molecule has 1 aromatic carbocycles. The van der Waals surface area contributed by atoms with Crippen molar-refractivity contribution in [2.24, 2.45) is 0 Å². The molecule has 23 heavy (non-hydrogen) atoms. The van der Waals surface area contributed by atoms with Gasteiger partial charge in [0.05, 0.1) is 11.2 Å². The summed E-state index contributed by atoms with van der Waals surface area (Å²) in [4.78, 5) is 14.0. The maximum absolute atomic E-state index is 12.6. The number of likely N-dealkylation sites (tertiary alicyclic amines) is 1. The number of carbonyl (C=O) groups excluding carboxylic acids is 1. The molecule has 0 N–H and O–H groups in total. The van der Waals surface area contributed by atoms with Gasteiger partial charge >= 0.3 is 6.18 Å². The van der Waals surface area contributed by atoms with E-state index in [4.69, 9.17) is 4.74 Å². The van der Waals surface area contributed by atoms with E-state index in [9.17, 15) is 18.0 Å². The molecule has 3 nitrogen and oxygen atoms in total. The normalized spacial score (nSPS) is 25.9. The predicted molar refractivity (Wildman–Crippen MR) is 78.6 cm³/mol. The molecule has 2 fully saturated rings. The van der Waals surface area contributed by atoms with Gasteiger partial charge in [0.2, 0.25) is 5.91 Å². The zero-order valence-corrected chi connectivity index (χ0v) is 12.9. The van der Waals surface area contributed by atoms with E-state index in [-0.39, 0.29) is 11.5 Å². The van der Waals surface area contributed by atoms with Crippen LogP contribution < -0.4 is 0 Å². The maximum Gasteiger partial charge on any atom is 0.416 e. The maximum atomic E-state index is 12.6. The van der Waals surface area contributed by atoms with Gasteiger partial charge in [-0.3, -0.25) is 4.79 Å². The van der Waals surface area contributed by atoms with Gasteiger partial charge < -0.3 is 9.64 Å². The fraction of sp³-hybridized carbons (Fsp3) is 0.588. The van der Waals surface area contributed by atoms with Crippen molar-refractivity contribution in [1.82, 2.24) is 4.90 Å². The minimum atomic E-state index is -4.33. The number of benzene rings is 1. The Labute approximate surface area is 133 Å². The second-order valence-corrected chi connectivity index (χ2v) is 6.40. The molecular formula is C17H20F3NO2. The van der Waals surface area contributed by atoms with E-state index >= 15 is 0 Å². The summed E-state index contributed by atoms with van der Waals surface area (Å²) in [7, 11) is 0. The molecule has 2 saturated heterocycles. The Kier molecular flexibility index (Phi) is 4.36. The van der Waals surface area contributed by atoms with Crippen LogP contribution in [0, 0.1) is 0 Å². The van der Waals surface area contributed by atoms with Crippen LogP contribution in [0.3, 0.4) is 0 Å². The first-order valence-electron chi connectivity index (χ1n) is 7.96. The number of amides is 1. The first-order valence-corrected chi connectivity index (χ1v) is 7.96. The Morgan fingerprint density at radius 3 is 2.48 bits per heavy atom. The van der Waals surface area contributed by atoms with Gasteiger partial charge in [-0.15, -0.1) is 0 Å². The topological polar surface area (TPSA) is 29.5 Å². The SMILES string of the molecule is O=C1CC[C@]2(CCCO2)CCN1Cc1ccc(C(F)(F)F)cc1. The van der Waals surface area contributed by atoms with Crippen molar-refractivity contribution >= 4 is 5.91 Å². The fourth-order valence-electron chi connectivity index (χ4n) is 3.42. The van der Waals surface area contributed by atoms with Crippen LogP contribution in [0.1, 0.15) is 43.2 Å². The molecule has 0 aliphatic carbocycles. The highest BCUT2D eigenvalue weighted by molar-refractivity contribution is 5.76. The lowest BCUT2D eigenvalue weighted by Gasteiger charge is -2.26. The van der Waals surface area contributed by atoms with Crippen LogP contribution in [0.5, 0.6) is 0 Å². The van der Waals surface area contributed by atoms with Gasteiger partial charge in [0.25, 0.3) is 0 Å². The van der Waals surface area contributed by atoms with Gasteiger partial charge in [-0.05, 0) is 43.4 Å². The van der Waals surface area contributed by atoms with Crippen LogP contribution in [-0.2, 0) is 22.3 Å². The number of ether oxygens (including phenoxy) is 1. The van der Waals surface area contributed by atoms with Crippen LogP contribution in [0.25, 0.3) is 0 Å². The number of hydrogen-bond acceptors (Lipinski definition) is 2. The van der Waals surface area contributed by atoms with Crippen LogP contribution in [0.2, 0.25) is 0 Å². The highest BCUT2D eigenvalue weighted by atomic mass is 19.4. The van der Waals surface area contributed by atoms with Gasteiger partial charge in [-0.2, -0.15) is 13.2 Å². The molecule has 1 aromatic rings. The molecule has 0 radical (unpaired) electrons. The molecule has 6 heteroatoms. The van der Waals surface area contributed by atoms with Gasteiger partial charge in [0.15, 0.2) is 0 Å². The van der Waals surface area contributed by atoms with Gasteiger partial charge in [-0.25, -0.2) is 0 Å². The molecular weight excluding hydrogens is 307 g/mol. The highest BCUT2D eigenvalue weighted by Crippen LogP contribution is 2.36. The lowest BCUT2D eigenvalue weighted by Crippen LogP contribution is -2.32. The Morgan fingerprint density at radius 2 is 1.87 bits per heavy atom. The third kappa shape index (κ3) is 3.68. The van der Waals surface area contributed by atoms with E-state index in [2.05, 4.69) is 0 Å².